The SMILES string of the molecule is CO[C@H]1O[C@@H](COS(=O)(=O)O)[C@H](O[C@@H]2O[C@H](C(=O)O)[C@H](O[C@H]3O[C@@H](COS(=O)(=O)O)[C@H](O[C@@H]4O[C@H](C(=O)O)[C@@H](O[C@H]5O[C@@H](COS(=O)(=O)O)[C@@H](OC)[C@H](OC)[C@H]5OS(=O)(=O)O)[C@@H](OC)[C@H]4OC)[C@@H](OS(=O)(=O)O)[C@@H]3OS(=O)(=O)O)[C@@H](OC)[C@H]2OS(=O)(=O)O)[C@@H](OS(=O)(=O)O)[C@@H]1OS(=O)(=O)O. The number of rotatable bonds is 37. The number of carbonyl (C=O) groups is 2. The Bertz CT molecular complexity index is 3850. The van der Waals surface area contributed by atoms with Crippen LogP contribution >= 0.6 is 0 Å². The van der Waals surface area contributed by atoms with Crippen LogP contribution in [0.5, 0.6) is 0 Å². The van der Waals surface area contributed by atoms with Gasteiger partial charge in [-0.3, -0.25) is 41.0 Å². The van der Waals surface area contributed by atoms with Crippen molar-refractivity contribution >= 4 is 106 Å². The lowest BCUT2D eigenvalue weighted by molar-refractivity contribution is -0.385. The third-order valence-corrected chi connectivity index (χ3v) is 17.6. The Morgan fingerprint density at radius 2 is 0.480 bits per heavy atom. The van der Waals surface area contributed by atoms with Crippen LogP contribution in [-0.4, -0.2) is 355 Å². The van der Waals surface area contributed by atoms with Crippen LogP contribution in [0.1, 0.15) is 0 Å². The van der Waals surface area contributed by atoms with Gasteiger partial charge in [0.15, 0.2) is 68.1 Å². The maximum atomic E-state index is 13.4. The highest BCUT2D eigenvalue weighted by Crippen LogP contribution is 2.42. The maximum absolute atomic E-state index is 13.4. The first-order valence-corrected chi connectivity index (χ1v) is 38.1. The summed E-state index contributed by atoms with van der Waals surface area (Å²) in [6.45, 7) is -4.97. The van der Waals surface area contributed by atoms with Gasteiger partial charge in [-0.25, -0.2) is 47.2 Å². The Hall–Kier alpha value is -2.83. The van der Waals surface area contributed by atoms with E-state index >= 15 is 0 Å². The fourth-order valence-electron chi connectivity index (χ4n) is 10.2. The number of carboxylic acid groups (broad SMARTS) is 2. The standard InChI is InChI=1S/C36H60O55S9/c1-68-13-10(7-74-92(41,42)43)78-34(26(16(13)69-2)88-97(56,57)58)82-19-17(70-3)25(72-5)33(84-23(19)30(37)38)80-15-12(9-76-94(47,48)49)79-35(29(91-100(65,66)67)22(15)87-96(53,54)55)83-20-18(71-4)27(89-98(59,60)61)36(85-24(20)31(39)40)81-14-11(8-75-93(44,45)46)77-32(73-6)28(90-99(62,63)64)21(14)86-95(50,51)52/h10-29,32-36H,7-9H2,1-6H3,(H,37,38)(H,39,40)(H,41,42,43)(H,44,45,46)(H,47,48,49)(H,50,51,52)(H,53,54,55)(H,56,57,58)(H,59,60,61)(H,62,63,64)(H,65,66,67)/t10-,11-,12-,13+,14-,15-,16-,17+,18+,19-,20+,21+,22+,23-,24-,25+,26+,27+,28-,29-,32-,33+,34+,35+,36+/m0/s1. The largest absolute Gasteiger partial charge is 0.479 e. The van der Waals surface area contributed by atoms with Gasteiger partial charge in [-0.15, -0.1) is 0 Å². The third-order valence-electron chi connectivity index (χ3n) is 13.5. The van der Waals surface area contributed by atoms with Gasteiger partial charge in [-0.1, -0.05) is 0 Å². The van der Waals surface area contributed by atoms with Crippen molar-refractivity contribution in [3.8, 4) is 0 Å². The highest BCUT2D eigenvalue weighted by atomic mass is 32.3. The number of hydrogen-bond acceptors (Lipinski definition) is 44. The molecule has 5 saturated heterocycles. The van der Waals surface area contributed by atoms with E-state index in [0.717, 1.165) is 21.3 Å². The van der Waals surface area contributed by atoms with Gasteiger partial charge in [0.1, 0.15) is 85.5 Å². The summed E-state index contributed by atoms with van der Waals surface area (Å²) in [5, 5.41) is 21.4. The molecule has 5 fully saturated rings. The first kappa shape index (κ1) is 87.8. The molecule has 588 valence electrons. The van der Waals surface area contributed by atoms with Crippen molar-refractivity contribution in [1.82, 2.24) is 0 Å². The second kappa shape index (κ2) is 34.4. The molecule has 100 heavy (non-hydrogen) atoms. The first-order valence-electron chi connectivity index (χ1n) is 25.9. The van der Waals surface area contributed by atoms with E-state index in [9.17, 15) is 137 Å². The lowest BCUT2D eigenvalue weighted by Crippen LogP contribution is -2.70. The van der Waals surface area contributed by atoms with E-state index < -0.39 is 279 Å². The van der Waals surface area contributed by atoms with Crippen molar-refractivity contribution in [3.05, 3.63) is 0 Å². The third kappa shape index (κ3) is 25.7. The van der Waals surface area contributed by atoms with Crippen molar-refractivity contribution in [1.29, 1.82) is 0 Å². The summed E-state index contributed by atoms with van der Waals surface area (Å²) in [6.07, 6.45) is -68.5. The number of methoxy groups -OCH3 is 6. The summed E-state index contributed by atoms with van der Waals surface area (Å²) in [5.41, 5.74) is 0. The highest BCUT2D eigenvalue weighted by Gasteiger charge is 2.63. The number of ether oxygens (including phenoxy) is 15. The predicted molar refractivity (Wildman–Crippen MR) is 290 cm³/mol. The molecule has 5 aliphatic heterocycles. The maximum Gasteiger partial charge on any atom is 0.397 e. The molecule has 0 bridgehead atoms. The molecule has 0 saturated carbocycles. The average molecular weight is 1660 g/mol. The molecular formula is C36H60O55S9. The molecule has 0 aromatic rings. The molecule has 0 spiro atoms. The quantitative estimate of drug-likeness (QED) is 0.0257. The Balaban J connectivity index is 1.69. The monoisotopic (exact) mass is 1660 g/mol. The van der Waals surface area contributed by atoms with Crippen molar-refractivity contribution in [2.75, 3.05) is 62.5 Å². The zero-order valence-corrected chi connectivity index (χ0v) is 57.5. The Labute approximate surface area is 564 Å². The fourth-order valence-corrected chi connectivity index (χ4v) is 14.0. The van der Waals surface area contributed by atoms with Crippen LogP contribution in [0.25, 0.3) is 0 Å². The summed E-state index contributed by atoms with van der Waals surface area (Å²) < 4.78 is 431. The number of hydrogen-bond donors (Lipinski definition) is 11. The molecular weight excluding hydrogens is 1600 g/mol. The highest BCUT2D eigenvalue weighted by molar-refractivity contribution is 7.82. The minimum Gasteiger partial charge on any atom is -0.479 e. The molecule has 0 aromatic heterocycles. The zero-order chi connectivity index (χ0) is 76.2. The molecule has 55 nitrogen and oxygen atoms in total. The van der Waals surface area contributed by atoms with Crippen LogP contribution in [0.3, 0.4) is 0 Å². The van der Waals surface area contributed by atoms with E-state index in [1.807, 2.05) is 0 Å². The molecule has 0 radical (unpaired) electrons. The van der Waals surface area contributed by atoms with E-state index in [0.29, 0.717) is 21.3 Å². The van der Waals surface area contributed by atoms with Crippen LogP contribution in [0.15, 0.2) is 0 Å². The average Bonchev–Trinajstić information content (AvgIpc) is 0.759. The van der Waals surface area contributed by atoms with Crippen molar-refractivity contribution in [3.63, 3.8) is 0 Å². The van der Waals surface area contributed by atoms with Gasteiger partial charge in [0.2, 0.25) is 0 Å². The zero-order valence-electron chi connectivity index (χ0n) is 50.1. The summed E-state index contributed by atoms with van der Waals surface area (Å²) in [7, 11) is -49.6. The van der Waals surface area contributed by atoms with Crippen molar-refractivity contribution in [2.45, 2.75) is 154 Å². The molecule has 5 heterocycles. The normalized spacial score (nSPS) is 36.4. The van der Waals surface area contributed by atoms with Gasteiger partial charge in [0.25, 0.3) is 0 Å². The summed E-state index contributed by atoms with van der Waals surface area (Å²) in [5.74, 6) is -4.75. The Kier molecular flexibility index (Phi) is 30.2. The van der Waals surface area contributed by atoms with E-state index in [1.54, 1.807) is 0 Å². The van der Waals surface area contributed by atoms with Crippen molar-refractivity contribution in [2.24, 2.45) is 0 Å². The molecule has 0 amide bonds. The molecule has 11 N–H and O–H groups in total. The van der Waals surface area contributed by atoms with Gasteiger partial charge >= 0.3 is 106 Å². The predicted octanol–water partition coefficient (Wildman–Crippen LogP) is -9.37. The second-order valence-electron chi connectivity index (χ2n) is 19.9. The van der Waals surface area contributed by atoms with E-state index in [2.05, 4.69) is 33.5 Å². The van der Waals surface area contributed by atoms with Crippen molar-refractivity contribution < 1.29 is 245 Å². The minimum absolute atomic E-state index is 0.424. The van der Waals surface area contributed by atoms with Crippen LogP contribution in [0.4, 0.5) is 0 Å². The van der Waals surface area contributed by atoms with Crippen LogP contribution < -0.4 is 0 Å². The molecule has 5 aliphatic rings. The molecule has 25 atom stereocenters. The number of carboxylic acids is 2. The van der Waals surface area contributed by atoms with Gasteiger partial charge in [0, 0.05) is 42.7 Å². The Morgan fingerprint density at radius 1 is 0.260 bits per heavy atom. The van der Waals surface area contributed by atoms with Gasteiger partial charge in [0.05, 0.1) is 19.8 Å². The lowest BCUT2D eigenvalue weighted by atomic mass is 9.95. The lowest BCUT2D eigenvalue weighted by Gasteiger charge is -2.51. The summed E-state index contributed by atoms with van der Waals surface area (Å²) >= 11 is 0. The molecule has 64 heteroatoms. The van der Waals surface area contributed by atoms with Gasteiger partial charge < -0.3 is 81.3 Å². The van der Waals surface area contributed by atoms with E-state index in [1.165, 1.54) is 0 Å². The fraction of sp³-hybridized carbons (Fsp3) is 0.944. The van der Waals surface area contributed by atoms with Gasteiger partial charge in [-0.05, 0) is 0 Å². The first-order chi connectivity index (χ1) is 45.5. The number of aliphatic carboxylic acids is 2. The topological polar surface area (TPSA) is 785 Å². The smallest absolute Gasteiger partial charge is 0.397 e. The van der Waals surface area contributed by atoms with Crippen LogP contribution in [0, 0.1) is 0 Å². The van der Waals surface area contributed by atoms with Crippen LogP contribution in [-0.2, 0) is 212 Å². The van der Waals surface area contributed by atoms with E-state index in [4.69, 9.17) is 75.2 Å². The molecule has 0 unspecified atom stereocenters. The Morgan fingerprint density at radius 3 is 0.750 bits per heavy atom. The molecule has 0 aliphatic carbocycles. The summed E-state index contributed by atoms with van der Waals surface area (Å²) in [6, 6.07) is 0. The molecule has 5 rings (SSSR count). The van der Waals surface area contributed by atoms with E-state index in [-0.39, 0.29) is 0 Å². The minimum atomic E-state index is -6.38. The molecule has 0 aromatic carbocycles. The summed E-state index contributed by atoms with van der Waals surface area (Å²) in [4.78, 5) is 26.6. The van der Waals surface area contributed by atoms with Gasteiger partial charge in [-0.2, -0.15) is 75.8 Å². The van der Waals surface area contributed by atoms with Crippen LogP contribution in [0.2, 0.25) is 0 Å². The second-order valence-corrected chi connectivity index (χ2v) is 29.4.